The molecule has 0 radical (unpaired) electrons. The fourth-order valence-electron chi connectivity index (χ4n) is 3.21. The maximum Gasteiger partial charge on any atom is 0.274 e. The van der Waals surface area contributed by atoms with E-state index in [0.717, 1.165) is 25.8 Å². The molecule has 1 N–H and O–H groups in total. The van der Waals surface area contributed by atoms with Gasteiger partial charge in [0.25, 0.3) is 5.91 Å². The molecule has 2 heterocycles. The van der Waals surface area contributed by atoms with Gasteiger partial charge in [0.1, 0.15) is 18.1 Å². The molecule has 1 aromatic carbocycles. The summed E-state index contributed by atoms with van der Waals surface area (Å²) in [6.45, 7) is 1.50. The summed E-state index contributed by atoms with van der Waals surface area (Å²) in [6, 6.07) is 7.02. The normalized spacial score (nSPS) is 17.0. The van der Waals surface area contributed by atoms with Gasteiger partial charge in [0.05, 0.1) is 30.5 Å². The molecule has 1 atom stereocenters. The number of hydrogen-bond donors (Lipinski definition) is 1. The van der Waals surface area contributed by atoms with Crippen LogP contribution in [-0.2, 0) is 11.3 Å². The molecule has 1 aliphatic rings. The van der Waals surface area contributed by atoms with E-state index in [2.05, 4.69) is 10.2 Å². The standard InChI is InChI=1S/C19H24ClN3O4/c1-25-12-14-5-3-4-8-23(14)19(24)17-9-13(21-22-17)11-27-18-7-6-15(26-2)10-16(18)20/h6-7,9-10,14H,3-5,8,11-12H2,1-2H3,(H,21,22)/t14-/m0/s1. The summed E-state index contributed by atoms with van der Waals surface area (Å²) in [4.78, 5) is 14.7. The van der Waals surface area contributed by atoms with Crippen molar-refractivity contribution in [3.8, 4) is 11.5 Å². The lowest BCUT2D eigenvalue weighted by molar-refractivity contribution is 0.0423. The predicted molar refractivity (Wildman–Crippen MR) is 101 cm³/mol. The molecule has 1 aromatic heterocycles. The number of methoxy groups -OCH3 is 2. The topological polar surface area (TPSA) is 76.7 Å². The maximum absolute atomic E-state index is 12.8. The number of hydrogen-bond acceptors (Lipinski definition) is 5. The summed E-state index contributed by atoms with van der Waals surface area (Å²) in [5.41, 5.74) is 1.09. The Morgan fingerprint density at radius 3 is 2.93 bits per heavy atom. The van der Waals surface area contributed by atoms with Crippen molar-refractivity contribution in [3.63, 3.8) is 0 Å². The average molecular weight is 394 g/mol. The minimum atomic E-state index is -0.0817. The summed E-state index contributed by atoms with van der Waals surface area (Å²) < 4.78 is 16.1. The van der Waals surface area contributed by atoms with Crippen molar-refractivity contribution in [2.45, 2.75) is 31.9 Å². The van der Waals surface area contributed by atoms with E-state index >= 15 is 0 Å². The van der Waals surface area contributed by atoms with E-state index in [-0.39, 0.29) is 18.6 Å². The summed E-state index contributed by atoms with van der Waals surface area (Å²) in [7, 11) is 3.24. The van der Waals surface area contributed by atoms with Gasteiger partial charge in [0, 0.05) is 19.7 Å². The predicted octanol–water partition coefficient (Wildman–Crippen LogP) is 3.29. The number of amides is 1. The van der Waals surface area contributed by atoms with Crippen LogP contribution in [0.15, 0.2) is 24.3 Å². The molecule has 146 valence electrons. The molecule has 1 fully saturated rings. The number of aromatic nitrogens is 2. The number of nitrogens with zero attached hydrogens (tertiary/aromatic N) is 2. The number of nitrogens with one attached hydrogen (secondary N) is 1. The zero-order valence-corrected chi connectivity index (χ0v) is 16.3. The van der Waals surface area contributed by atoms with E-state index in [1.54, 1.807) is 38.5 Å². The summed E-state index contributed by atoms with van der Waals surface area (Å²) in [5.74, 6) is 1.12. The van der Waals surface area contributed by atoms with E-state index in [0.29, 0.717) is 34.5 Å². The van der Waals surface area contributed by atoms with Crippen LogP contribution < -0.4 is 9.47 Å². The highest BCUT2D eigenvalue weighted by Gasteiger charge is 2.28. The molecule has 0 unspecified atom stereocenters. The molecule has 3 rings (SSSR count). The van der Waals surface area contributed by atoms with Crippen LogP contribution in [0.4, 0.5) is 0 Å². The highest BCUT2D eigenvalue weighted by molar-refractivity contribution is 6.32. The first kappa shape index (κ1) is 19.5. The van der Waals surface area contributed by atoms with Crippen molar-refractivity contribution in [1.82, 2.24) is 15.1 Å². The number of aromatic amines is 1. The van der Waals surface area contributed by atoms with Gasteiger partial charge >= 0.3 is 0 Å². The molecule has 1 aliphatic heterocycles. The van der Waals surface area contributed by atoms with Crippen LogP contribution in [0.5, 0.6) is 11.5 Å². The van der Waals surface area contributed by atoms with Gasteiger partial charge in [-0.1, -0.05) is 11.6 Å². The molecule has 0 saturated carbocycles. The fraction of sp³-hybridized carbons (Fsp3) is 0.474. The second-order valence-corrected chi connectivity index (χ2v) is 6.87. The van der Waals surface area contributed by atoms with Gasteiger partial charge in [-0.25, -0.2) is 0 Å². The molecule has 8 heteroatoms. The number of piperidine rings is 1. The third kappa shape index (κ3) is 4.73. The maximum atomic E-state index is 12.8. The number of likely N-dealkylation sites (tertiary alicyclic amines) is 1. The number of rotatable bonds is 7. The number of carbonyl (C=O) groups is 1. The lowest BCUT2D eigenvalue weighted by Gasteiger charge is -2.34. The van der Waals surface area contributed by atoms with E-state index in [1.165, 1.54) is 0 Å². The monoisotopic (exact) mass is 393 g/mol. The number of benzene rings is 1. The molecule has 0 aliphatic carbocycles. The first-order valence-electron chi connectivity index (χ1n) is 8.93. The van der Waals surface area contributed by atoms with Crippen molar-refractivity contribution in [2.24, 2.45) is 0 Å². The Balaban J connectivity index is 1.63. The van der Waals surface area contributed by atoms with E-state index < -0.39 is 0 Å². The third-order valence-corrected chi connectivity index (χ3v) is 4.91. The van der Waals surface area contributed by atoms with Gasteiger partial charge in [0.2, 0.25) is 0 Å². The lowest BCUT2D eigenvalue weighted by Crippen LogP contribution is -2.46. The van der Waals surface area contributed by atoms with Gasteiger partial charge in [-0.15, -0.1) is 0 Å². The minimum absolute atomic E-state index is 0.0817. The highest BCUT2D eigenvalue weighted by atomic mass is 35.5. The number of ether oxygens (including phenoxy) is 3. The summed E-state index contributed by atoms with van der Waals surface area (Å²) in [6.07, 6.45) is 3.07. The molecule has 0 spiro atoms. The minimum Gasteiger partial charge on any atom is -0.497 e. The van der Waals surface area contributed by atoms with Gasteiger partial charge in [0.15, 0.2) is 5.69 Å². The van der Waals surface area contributed by atoms with E-state index in [9.17, 15) is 4.79 Å². The van der Waals surface area contributed by atoms with Crippen molar-refractivity contribution in [1.29, 1.82) is 0 Å². The zero-order chi connectivity index (χ0) is 19.2. The molecule has 1 saturated heterocycles. The van der Waals surface area contributed by atoms with Crippen LogP contribution in [0.3, 0.4) is 0 Å². The van der Waals surface area contributed by atoms with Crippen molar-refractivity contribution < 1.29 is 19.0 Å². The Bertz CT molecular complexity index is 778. The fourth-order valence-corrected chi connectivity index (χ4v) is 3.43. The number of H-pyrrole nitrogens is 1. The van der Waals surface area contributed by atoms with E-state index in [1.807, 2.05) is 4.90 Å². The third-order valence-electron chi connectivity index (χ3n) is 4.62. The molecule has 27 heavy (non-hydrogen) atoms. The van der Waals surface area contributed by atoms with Crippen LogP contribution >= 0.6 is 11.6 Å². The molecule has 7 nitrogen and oxygen atoms in total. The zero-order valence-electron chi connectivity index (χ0n) is 15.5. The molecule has 0 bridgehead atoms. The molecular formula is C19H24ClN3O4. The summed E-state index contributed by atoms with van der Waals surface area (Å²) in [5, 5.41) is 7.48. The lowest BCUT2D eigenvalue weighted by atomic mass is 10.0. The quantitative estimate of drug-likeness (QED) is 0.781. The Kier molecular flexibility index (Phi) is 6.58. The van der Waals surface area contributed by atoms with Crippen molar-refractivity contribution >= 4 is 17.5 Å². The van der Waals surface area contributed by atoms with Gasteiger partial charge in [-0.05, 0) is 37.5 Å². The van der Waals surface area contributed by atoms with Crippen LogP contribution in [-0.4, -0.2) is 54.4 Å². The van der Waals surface area contributed by atoms with Gasteiger partial charge in [-0.2, -0.15) is 5.10 Å². The SMILES string of the molecule is COC[C@@H]1CCCCN1C(=O)c1cc(COc2ccc(OC)cc2Cl)[nH]n1. The Labute approximate surface area is 163 Å². The first-order valence-corrected chi connectivity index (χ1v) is 9.30. The smallest absolute Gasteiger partial charge is 0.274 e. The molecular weight excluding hydrogens is 370 g/mol. The first-order chi connectivity index (χ1) is 13.1. The number of carbonyl (C=O) groups excluding carboxylic acids is 1. The van der Waals surface area contributed by atoms with Crippen molar-refractivity contribution in [2.75, 3.05) is 27.4 Å². The second kappa shape index (κ2) is 9.10. The largest absolute Gasteiger partial charge is 0.497 e. The molecule has 2 aromatic rings. The van der Waals surface area contributed by atoms with Gasteiger partial charge in [-0.3, -0.25) is 9.89 Å². The second-order valence-electron chi connectivity index (χ2n) is 6.47. The Hall–Kier alpha value is -2.25. The summed E-state index contributed by atoms with van der Waals surface area (Å²) >= 11 is 6.17. The van der Waals surface area contributed by atoms with E-state index in [4.69, 9.17) is 25.8 Å². The Morgan fingerprint density at radius 2 is 2.19 bits per heavy atom. The van der Waals surface area contributed by atoms with Crippen LogP contribution in [0.25, 0.3) is 0 Å². The van der Waals surface area contributed by atoms with Crippen LogP contribution in [0.2, 0.25) is 5.02 Å². The van der Waals surface area contributed by atoms with Crippen LogP contribution in [0, 0.1) is 0 Å². The molecule has 1 amide bonds. The Morgan fingerprint density at radius 1 is 1.33 bits per heavy atom. The van der Waals surface area contributed by atoms with Crippen LogP contribution in [0.1, 0.15) is 35.4 Å². The average Bonchev–Trinajstić information content (AvgIpc) is 3.16. The number of halogens is 1. The van der Waals surface area contributed by atoms with Crippen molar-refractivity contribution in [3.05, 3.63) is 40.7 Å². The highest BCUT2D eigenvalue weighted by Crippen LogP contribution is 2.29. The van der Waals surface area contributed by atoms with Gasteiger partial charge < -0.3 is 19.1 Å².